The van der Waals surface area contributed by atoms with Crippen LogP contribution in [-0.2, 0) is 0 Å². The Labute approximate surface area is 111 Å². The predicted octanol–water partition coefficient (Wildman–Crippen LogP) is 2.81. The number of hydrogen-bond acceptors (Lipinski definition) is 3. The van der Waals surface area contributed by atoms with E-state index in [0.717, 1.165) is 12.1 Å². The zero-order chi connectivity index (χ0) is 13.3. The number of guanidine groups is 1. The summed E-state index contributed by atoms with van der Waals surface area (Å²) in [4.78, 5) is 6.31. The quantitative estimate of drug-likeness (QED) is 0.917. The first-order valence-corrected chi connectivity index (χ1v) is 6.38. The standard InChI is InChI=1S/C13H17ClFN3/c1-8(2)7-18-12(6-17-13(18)16)9-3-4-11(15)10(14)5-9/h3-5,8,12H,6-7H2,1-2H3,(H2,16,17). The summed E-state index contributed by atoms with van der Waals surface area (Å²) in [6, 6.07) is 4.85. The van der Waals surface area contributed by atoms with Crippen LogP contribution in [0.3, 0.4) is 0 Å². The Morgan fingerprint density at radius 3 is 2.89 bits per heavy atom. The van der Waals surface area contributed by atoms with Crippen LogP contribution >= 0.6 is 11.6 Å². The van der Waals surface area contributed by atoms with E-state index in [1.807, 2.05) is 4.90 Å². The van der Waals surface area contributed by atoms with Gasteiger partial charge in [-0.1, -0.05) is 31.5 Å². The molecular weight excluding hydrogens is 253 g/mol. The van der Waals surface area contributed by atoms with Crippen molar-refractivity contribution in [1.82, 2.24) is 4.90 Å². The van der Waals surface area contributed by atoms with Crippen molar-refractivity contribution in [3.63, 3.8) is 0 Å². The number of halogens is 2. The lowest BCUT2D eigenvalue weighted by Gasteiger charge is -2.28. The van der Waals surface area contributed by atoms with E-state index in [-0.39, 0.29) is 11.1 Å². The highest BCUT2D eigenvalue weighted by Gasteiger charge is 2.28. The maximum atomic E-state index is 13.2. The van der Waals surface area contributed by atoms with Crippen LogP contribution in [0, 0.1) is 11.7 Å². The number of nitrogens with two attached hydrogens (primary N) is 1. The molecule has 1 aromatic carbocycles. The molecule has 5 heteroatoms. The Morgan fingerprint density at radius 1 is 1.56 bits per heavy atom. The number of nitrogens with zero attached hydrogens (tertiary/aromatic N) is 2. The zero-order valence-electron chi connectivity index (χ0n) is 10.5. The molecule has 1 aromatic rings. The lowest BCUT2D eigenvalue weighted by atomic mass is 10.0. The van der Waals surface area contributed by atoms with Crippen LogP contribution in [0.15, 0.2) is 23.2 Å². The summed E-state index contributed by atoms with van der Waals surface area (Å²) in [7, 11) is 0. The maximum absolute atomic E-state index is 13.2. The topological polar surface area (TPSA) is 41.6 Å². The summed E-state index contributed by atoms with van der Waals surface area (Å²) in [5, 5.41) is 0.141. The second kappa shape index (κ2) is 5.14. The second-order valence-electron chi connectivity index (χ2n) is 4.93. The molecule has 1 heterocycles. The van der Waals surface area contributed by atoms with Crippen molar-refractivity contribution in [2.75, 3.05) is 13.1 Å². The van der Waals surface area contributed by atoms with E-state index < -0.39 is 5.82 Å². The number of benzene rings is 1. The van der Waals surface area contributed by atoms with Gasteiger partial charge in [0.05, 0.1) is 17.6 Å². The van der Waals surface area contributed by atoms with Gasteiger partial charge < -0.3 is 10.6 Å². The van der Waals surface area contributed by atoms with Crippen molar-refractivity contribution in [2.24, 2.45) is 16.6 Å². The first kappa shape index (κ1) is 13.1. The summed E-state index contributed by atoms with van der Waals surface area (Å²) in [6.07, 6.45) is 0. The van der Waals surface area contributed by atoms with E-state index in [0.29, 0.717) is 18.4 Å². The van der Waals surface area contributed by atoms with Gasteiger partial charge in [-0.15, -0.1) is 0 Å². The smallest absolute Gasteiger partial charge is 0.191 e. The molecule has 18 heavy (non-hydrogen) atoms. The molecule has 0 spiro atoms. The third-order valence-corrected chi connectivity index (χ3v) is 3.28. The minimum absolute atomic E-state index is 0.0606. The summed E-state index contributed by atoms with van der Waals surface area (Å²) >= 11 is 5.82. The average Bonchev–Trinajstić information content (AvgIpc) is 2.64. The minimum Gasteiger partial charge on any atom is -0.370 e. The van der Waals surface area contributed by atoms with Crippen LogP contribution in [0.4, 0.5) is 4.39 Å². The summed E-state index contributed by atoms with van der Waals surface area (Å²) in [5.41, 5.74) is 6.84. The molecule has 1 aliphatic rings. The van der Waals surface area contributed by atoms with Crippen molar-refractivity contribution in [2.45, 2.75) is 19.9 Å². The van der Waals surface area contributed by atoms with E-state index in [4.69, 9.17) is 17.3 Å². The largest absolute Gasteiger partial charge is 0.370 e. The van der Waals surface area contributed by atoms with Gasteiger partial charge in [0.2, 0.25) is 0 Å². The van der Waals surface area contributed by atoms with Gasteiger partial charge in [0.1, 0.15) is 5.82 Å². The molecule has 0 amide bonds. The number of hydrogen-bond donors (Lipinski definition) is 1. The van der Waals surface area contributed by atoms with Crippen LogP contribution in [-0.4, -0.2) is 23.9 Å². The van der Waals surface area contributed by atoms with Crippen LogP contribution in [0.25, 0.3) is 0 Å². The molecule has 1 aliphatic heterocycles. The molecule has 2 rings (SSSR count). The van der Waals surface area contributed by atoms with Gasteiger partial charge in [0.25, 0.3) is 0 Å². The van der Waals surface area contributed by atoms with Gasteiger partial charge in [-0.2, -0.15) is 0 Å². The predicted molar refractivity (Wildman–Crippen MR) is 72.2 cm³/mol. The average molecular weight is 270 g/mol. The highest BCUT2D eigenvalue weighted by atomic mass is 35.5. The minimum atomic E-state index is -0.400. The fourth-order valence-electron chi connectivity index (χ4n) is 2.15. The van der Waals surface area contributed by atoms with Gasteiger partial charge in [0.15, 0.2) is 5.96 Å². The molecule has 0 saturated carbocycles. The second-order valence-corrected chi connectivity index (χ2v) is 5.34. The molecule has 2 N–H and O–H groups in total. The lowest BCUT2D eigenvalue weighted by molar-refractivity contribution is 0.309. The number of aliphatic imine (C=N–C) groups is 1. The van der Waals surface area contributed by atoms with Crippen LogP contribution < -0.4 is 5.73 Å². The molecule has 98 valence electrons. The molecule has 0 saturated heterocycles. The van der Waals surface area contributed by atoms with Crippen molar-refractivity contribution in [3.8, 4) is 0 Å². The SMILES string of the molecule is CC(C)CN1C(N)=NCC1c1ccc(F)c(Cl)c1. The van der Waals surface area contributed by atoms with Crippen LogP contribution in [0.5, 0.6) is 0 Å². The molecule has 0 fully saturated rings. The van der Waals surface area contributed by atoms with Crippen molar-refractivity contribution in [1.29, 1.82) is 0 Å². The van der Waals surface area contributed by atoms with Crippen molar-refractivity contribution < 1.29 is 4.39 Å². The lowest BCUT2D eigenvalue weighted by Crippen LogP contribution is -2.38. The Morgan fingerprint density at radius 2 is 2.28 bits per heavy atom. The summed E-state index contributed by atoms with van der Waals surface area (Å²) in [5.74, 6) is 0.632. The van der Waals surface area contributed by atoms with Crippen LogP contribution in [0.1, 0.15) is 25.5 Å². The van der Waals surface area contributed by atoms with E-state index in [9.17, 15) is 4.39 Å². The zero-order valence-corrected chi connectivity index (χ0v) is 11.3. The third kappa shape index (κ3) is 2.58. The van der Waals surface area contributed by atoms with Gasteiger partial charge in [0, 0.05) is 6.54 Å². The molecule has 1 unspecified atom stereocenters. The third-order valence-electron chi connectivity index (χ3n) is 2.99. The van der Waals surface area contributed by atoms with E-state index in [1.54, 1.807) is 12.1 Å². The molecule has 0 bridgehead atoms. The Bertz CT molecular complexity index is 473. The molecule has 3 nitrogen and oxygen atoms in total. The van der Waals surface area contributed by atoms with Crippen molar-refractivity contribution in [3.05, 3.63) is 34.6 Å². The summed E-state index contributed by atoms with van der Waals surface area (Å²) < 4.78 is 13.2. The first-order valence-electron chi connectivity index (χ1n) is 6.00. The van der Waals surface area contributed by atoms with Crippen LogP contribution in [0.2, 0.25) is 5.02 Å². The summed E-state index contributed by atoms with van der Waals surface area (Å²) in [6.45, 7) is 5.68. The van der Waals surface area contributed by atoms with E-state index in [2.05, 4.69) is 18.8 Å². The molecular formula is C13H17ClFN3. The number of rotatable bonds is 3. The molecule has 0 aromatic heterocycles. The monoisotopic (exact) mass is 269 g/mol. The van der Waals surface area contributed by atoms with Gasteiger partial charge >= 0.3 is 0 Å². The highest BCUT2D eigenvalue weighted by Crippen LogP contribution is 2.29. The normalized spacial score (nSPS) is 19.5. The first-order chi connectivity index (χ1) is 8.49. The van der Waals surface area contributed by atoms with Gasteiger partial charge in [-0.05, 0) is 23.6 Å². The molecule has 0 aliphatic carbocycles. The van der Waals surface area contributed by atoms with E-state index >= 15 is 0 Å². The molecule has 0 radical (unpaired) electrons. The van der Waals surface area contributed by atoms with Crippen molar-refractivity contribution >= 4 is 17.6 Å². The van der Waals surface area contributed by atoms with Gasteiger partial charge in [-0.3, -0.25) is 4.99 Å². The Balaban J connectivity index is 2.24. The fourth-order valence-corrected chi connectivity index (χ4v) is 2.34. The highest BCUT2D eigenvalue weighted by molar-refractivity contribution is 6.30. The van der Waals surface area contributed by atoms with Gasteiger partial charge in [-0.25, -0.2) is 4.39 Å². The maximum Gasteiger partial charge on any atom is 0.191 e. The van der Waals surface area contributed by atoms with E-state index in [1.165, 1.54) is 6.07 Å². The molecule has 1 atom stereocenters. The Hall–Kier alpha value is -1.29. The fraction of sp³-hybridized carbons (Fsp3) is 0.462. The Kier molecular flexibility index (Phi) is 3.76.